The van der Waals surface area contributed by atoms with Crippen LogP contribution < -0.4 is 5.32 Å². The fraction of sp³-hybridized carbons (Fsp3) is 0.200. The number of phenols is 1. The number of nitro benzene ring substituents is 1. The summed E-state index contributed by atoms with van der Waals surface area (Å²) in [5, 5.41) is 23.5. The van der Waals surface area contributed by atoms with Crippen LogP contribution in [0.1, 0.15) is 23.6 Å². The monoisotopic (exact) mass is 288 g/mol. The van der Waals surface area contributed by atoms with Crippen LogP contribution in [0.15, 0.2) is 36.4 Å². The van der Waals surface area contributed by atoms with Crippen molar-refractivity contribution in [2.75, 3.05) is 5.32 Å². The molecule has 0 spiro atoms. The van der Waals surface area contributed by atoms with E-state index in [0.29, 0.717) is 5.69 Å². The van der Waals surface area contributed by atoms with E-state index in [1.165, 1.54) is 6.07 Å². The number of nitro groups is 1. The van der Waals surface area contributed by atoms with Crippen molar-refractivity contribution < 1.29 is 14.4 Å². The van der Waals surface area contributed by atoms with E-state index in [0.717, 1.165) is 36.1 Å². The van der Waals surface area contributed by atoms with Crippen molar-refractivity contribution in [2.24, 2.45) is 0 Å². The van der Waals surface area contributed by atoms with Crippen molar-refractivity contribution in [2.45, 2.75) is 18.9 Å². The van der Waals surface area contributed by atoms with Crippen molar-refractivity contribution in [3.8, 4) is 5.75 Å². The Kier molecular flexibility index (Phi) is 3.21. The number of aromatic hydroxyl groups is 1. The Bertz CT molecular complexity index is 718. The van der Waals surface area contributed by atoms with Gasteiger partial charge in [0, 0.05) is 17.8 Å². The summed E-state index contributed by atoms with van der Waals surface area (Å²) in [6, 6.07) is 9.06. The van der Waals surface area contributed by atoms with Crippen LogP contribution in [-0.2, 0) is 6.42 Å². The van der Waals surface area contributed by atoms with Crippen LogP contribution in [0.4, 0.5) is 15.8 Å². The Morgan fingerprint density at radius 1 is 1.33 bits per heavy atom. The molecule has 2 N–H and O–H groups in total. The second kappa shape index (κ2) is 5.05. The molecule has 2 aromatic rings. The van der Waals surface area contributed by atoms with E-state index in [1.54, 1.807) is 12.1 Å². The summed E-state index contributed by atoms with van der Waals surface area (Å²) in [4.78, 5) is 9.85. The molecule has 0 bridgehead atoms. The topological polar surface area (TPSA) is 75.4 Å². The van der Waals surface area contributed by atoms with Crippen LogP contribution in [0.3, 0.4) is 0 Å². The number of nitrogens with one attached hydrogen (secondary N) is 1. The number of anilines is 1. The van der Waals surface area contributed by atoms with Gasteiger partial charge >= 0.3 is 5.69 Å². The molecule has 0 aliphatic heterocycles. The predicted molar refractivity (Wildman–Crippen MR) is 75.8 cm³/mol. The Morgan fingerprint density at radius 3 is 2.86 bits per heavy atom. The highest BCUT2D eigenvalue weighted by molar-refractivity contribution is 5.54. The molecule has 1 atom stereocenters. The molecule has 1 aliphatic rings. The van der Waals surface area contributed by atoms with Crippen LogP contribution in [0, 0.1) is 15.9 Å². The lowest BCUT2D eigenvalue weighted by molar-refractivity contribution is -0.387. The SMILES string of the molecule is O=[N+]([O-])c1ccc(NC2CCc3c(O)cccc32)cc1F. The van der Waals surface area contributed by atoms with Crippen LogP contribution >= 0.6 is 0 Å². The first kappa shape index (κ1) is 13.4. The summed E-state index contributed by atoms with van der Waals surface area (Å²) in [5.74, 6) is -0.592. The van der Waals surface area contributed by atoms with Crippen molar-refractivity contribution in [3.05, 3.63) is 63.5 Å². The highest BCUT2D eigenvalue weighted by Crippen LogP contribution is 2.38. The summed E-state index contributed by atoms with van der Waals surface area (Å²) < 4.78 is 13.6. The van der Waals surface area contributed by atoms with Gasteiger partial charge in [-0.25, -0.2) is 0 Å². The van der Waals surface area contributed by atoms with Crippen LogP contribution in [0.25, 0.3) is 0 Å². The molecule has 0 amide bonds. The van der Waals surface area contributed by atoms with Gasteiger partial charge in [-0.15, -0.1) is 0 Å². The lowest BCUT2D eigenvalue weighted by Gasteiger charge is -2.15. The van der Waals surface area contributed by atoms with Gasteiger partial charge in [0.05, 0.1) is 11.0 Å². The fourth-order valence-electron chi connectivity index (χ4n) is 2.73. The standard InChI is InChI=1S/C15H13FN2O3/c16-12-8-9(4-7-14(12)18(20)21)17-13-6-5-11-10(13)2-1-3-15(11)19/h1-4,7-8,13,17,19H,5-6H2. The zero-order valence-corrected chi connectivity index (χ0v) is 11.0. The van der Waals surface area contributed by atoms with Gasteiger partial charge in [-0.05, 0) is 36.1 Å². The number of benzene rings is 2. The van der Waals surface area contributed by atoms with Gasteiger partial charge in [0.2, 0.25) is 5.82 Å². The van der Waals surface area contributed by atoms with Gasteiger partial charge in [-0.2, -0.15) is 4.39 Å². The van der Waals surface area contributed by atoms with Crippen LogP contribution in [-0.4, -0.2) is 10.0 Å². The molecule has 5 nitrogen and oxygen atoms in total. The first-order valence-corrected chi connectivity index (χ1v) is 6.57. The minimum absolute atomic E-state index is 0.0343. The van der Waals surface area contributed by atoms with Crippen molar-refractivity contribution in [1.29, 1.82) is 0 Å². The predicted octanol–water partition coefficient (Wildman–Crippen LogP) is 3.54. The zero-order chi connectivity index (χ0) is 15.0. The van der Waals surface area contributed by atoms with E-state index in [1.807, 2.05) is 6.07 Å². The molecule has 0 saturated carbocycles. The Hall–Kier alpha value is -2.63. The summed E-state index contributed by atoms with van der Waals surface area (Å²) in [5.41, 5.74) is 1.83. The van der Waals surface area contributed by atoms with Crippen LogP contribution in [0.5, 0.6) is 5.75 Å². The fourth-order valence-corrected chi connectivity index (χ4v) is 2.73. The third kappa shape index (κ3) is 2.40. The van der Waals surface area contributed by atoms with E-state index in [4.69, 9.17) is 0 Å². The van der Waals surface area contributed by atoms with Gasteiger partial charge in [0.25, 0.3) is 0 Å². The molecular weight excluding hydrogens is 275 g/mol. The summed E-state index contributed by atoms with van der Waals surface area (Å²) in [6.45, 7) is 0. The molecule has 0 heterocycles. The smallest absolute Gasteiger partial charge is 0.304 e. The quantitative estimate of drug-likeness (QED) is 0.669. The van der Waals surface area contributed by atoms with Crippen molar-refractivity contribution in [1.82, 2.24) is 0 Å². The molecule has 0 radical (unpaired) electrons. The first-order valence-electron chi connectivity index (χ1n) is 6.57. The van der Waals surface area contributed by atoms with Crippen molar-refractivity contribution in [3.63, 3.8) is 0 Å². The second-order valence-electron chi connectivity index (χ2n) is 5.00. The number of hydrogen-bond acceptors (Lipinski definition) is 4. The maximum Gasteiger partial charge on any atom is 0.304 e. The van der Waals surface area contributed by atoms with Gasteiger partial charge < -0.3 is 10.4 Å². The number of rotatable bonds is 3. The summed E-state index contributed by atoms with van der Waals surface area (Å²) in [7, 11) is 0. The molecule has 1 aliphatic carbocycles. The molecule has 0 fully saturated rings. The van der Waals surface area contributed by atoms with Gasteiger partial charge in [0.1, 0.15) is 5.75 Å². The lowest BCUT2D eigenvalue weighted by atomic mass is 10.1. The number of fused-ring (bicyclic) bond motifs is 1. The molecule has 108 valence electrons. The molecule has 6 heteroatoms. The molecule has 0 aromatic heterocycles. The van der Waals surface area contributed by atoms with E-state index in [2.05, 4.69) is 5.32 Å². The zero-order valence-electron chi connectivity index (χ0n) is 11.0. The number of phenolic OH excluding ortho intramolecular Hbond substituents is 1. The lowest BCUT2D eigenvalue weighted by Crippen LogP contribution is -2.07. The molecule has 2 aromatic carbocycles. The third-order valence-corrected chi connectivity index (χ3v) is 3.73. The van der Waals surface area contributed by atoms with E-state index in [-0.39, 0.29) is 11.8 Å². The number of nitrogens with zero attached hydrogens (tertiary/aromatic N) is 1. The highest BCUT2D eigenvalue weighted by atomic mass is 19.1. The minimum atomic E-state index is -0.862. The second-order valence-corrected chi connectivity index (χ2v) is 5.00. The third-order valence-electron chi connectivity index (χ3n) is 3.73. The highest BCUT2D eigenvalue weighted by Gasteiger charge is 2.25. The average molecular weight is 288 g/mol. The Morgan fingerprint density at radius 2 is 2.14 bits per heavy atom. The summed E-state index contributed by atoms with van der Waals surface area (Å²) >= 11 is 0. The van der Waals surface area contributed by atoms with E-state index < -0.39 is 16.4 Å². The minimum Gasteiger partial charge on any atom is -0.508 e. The number of halogens is 1. The molecule has 21 heavy (non-hydrogen) atoms. The maximum absolute atomic E-state index is 13.6. The van der Waals surface area contributed by atoms with E-state index in [9.17, 15) is 19.6 Å². The Balaban J connectivity index is 1.85. The first-order chi connectivity index (χ1) is 10.1. The van der Waals surface area contributed by atoms with Gasteiger partial charge in [-0.3, -0.25) is 10.1 Å². The molecule has 1 unspecified atom stereocenters. The van der Waals surface area contributed by atoms with Gasteiger partial charge in [0.15, 0.2) is 0 Å². The molecular formula is C15H13FN2O3. The van der Waals surface area contributed by atoms with E-state index >= 15 is 0 Å². The summed E-state index contributed by atoms with van der Waals surface area (Å²) in [6.07, 6.45) is 1.53. The Labute approximate surface area is 120 Å². The largest absolute Gasteiger partial charge is 0.508 e. The van der Waals surface area contributed by atoms with Gasteiger partial charge in [-0.1, -0.05) is 12.1 Å². The van der Waals surface area contributed by atoms with Crippen LogP contribution in [0.2, 0.25) is 0 Å². The maximum atomic E-state index is 13.6. The molecule has 0 saturated heterocycles. The normalized spacial score (nSPS) is 16.5. The van der Waals surface area contributed by atoms with Crippen molar-refractivity contribution >= 4 is 11.4 Å². The average Bonchev–Trinajstić information content (AvgIpc) is 2.83. The number of hydrogen-bond donors (Lipinski definition) is 2. The molecule has 3 rings (SSSR count).